The van der Waals surface area contributed by atoms with E-state index in [1.165, 1.54) is 0 Å². The molecule has 0 spiro atoms. The zero-order chi connectivity index (χ0) is 16.5. The van der Waals surface area contributed by atoms with E-state index in [1.807, 2.05) is 61.5 Å². The van der Waals surface area contributed by atoms with Crippen molar-refractivity contribution in [1.29, 1.82) is 0 Å². The fraction of sp³-hybridized carbons (Fsp3) is 0.105. The highest BCUT2D eigenvalue weighted by atomic mass is 16.5. The van der Waals surface area contributed by atoms with Crippen molar-refractivity contribution < 1.29 is 4.74 Å². The molecule has 0 saturated heterocycles. The fourth-order valence-corrected chi connectivity index (χ4v) is 2.72. The molecule has 2 aromatic heterocycles. The number of aryl methyl sites for hydroxylation is 1. The van der Waals surface area contributed by atoms with E-state index in [2.05, 4.69) is 10.1 Å². The van der Waals surface area contributed by atoms with Crippen LogP contribution in [0.1, 0.15) is 5.69 Å². The van der Waals surface area contributed by atoms with Crippen molar-refractivity contribution >= 4 is 5.78 Å². The van der Waals surface area contributed by atoms with Gasteiger partial charge in [0.2, 0.25) is 0 Å². The molecule has 0 N–H and O–H groups in total. The molecule has 2 aromatic carbocycles. The average Bonchev–Trinajstić information content (AvgIpc) is 3.01. The number of hydrogen-bond acceptors (Lipinski definition) is 4. The van der Waals surface area contributed by atoms with Crippen molar-refractivity contribution in [2.45, 2.75) is 6.92 Å². The number of hydrogen-bond donors (Lipinski definition) is 0. The monoisotopic (exact) mass is 316 g/mol. The number of rotatable bonds is 3. The molecular formula is C19H16N4O. The Kier molecular flexibility index (Phi) is 3.46. The van der Waals surface area contributed by atoms with Gasteiger partial charge in [-0.1, -0.05) is 30.3 Å². The van der Waals surface area contributed by atoms with E-state index in [9.17, 15) is 0 Å². The molecule has 4 aromatic rings. The zero-order valence-electron chi connectivity index (χ0n) is 13.5. The summed E-state index contributed by atoms with van der Waals surface area (Å²) in [6, 6.07) is 18.0. The van der Waals surface area contributed by atoms with Crippen LogP contribution in [-0.2, 0) is 0 Å². The predicted molar refractivity (Wildman–Crippen MR) is 92.9 cm³/mol. The molecule has 0 fully saturated rings. The molecule has 0 aliphatic heterocycles. The summed E-state index contributed by atoms with van der Waals surface area (Å²) in [6.45, 7) is 1.91. The van der Waals surface area contributed by atoms with Crippen LogP contribution in [0.4, 0.5) is 0 Å². The summed E-state index contributed by atoms with van der Waals surface area (Å²) in [5, 5.41) is 4.51. The smallest absolute Gasteiger partial charge is 0.252 e. The van der Waals surface area contributed by atoms with Crippen LogP contribution in [0.25, 0.3) is 28.3 Å². The van der Waals surface area contributed by atoms with Gasteiger partial charge in [-0.15, -0.1) is 0 Å². The summed E-state index contributed by atoms with van der Waals surface area (Å²) in [5.74, 6) is 1.41. The molecular weight excluding hydrogens is 300 g/mol. The maximum absolute atomic E-state index is 5.25. The zero-order valence-corrected chi connectivity index (χ0v) is 13.5. The molecule has 0 radical (unpaired) electrons. The highest BCUT2D eigenvalue weighted by molar-refractivity contribution is 5.81. The first-order chi connectivity index (χ1) is 11.8. The van der Waals surface area contributed by atoms with E-state index in [-0.39, 0.29) is 0 Å². The first kappa shape index (κ1) is 14.4. The van der Waals surface area contributed by atoms with E-state index in [1.54, 1.807) is 17.8 Å². The fourth-order valence-electron chi connectivity index (χ4n) is 2.72. The minimum Gasteiger partial charge on any atom is -0.497 e. The standard InChI is InChI=1S/C19H16N4O/c1-13-12-20-23-18(15-8-10-16(24-2)11-9-15)17(22-19(23)21-13)14-6-4-3-5-7-14/h3-12H,1-2H3. The van der Waals surface area contributed by atoms with Gasteiger partial charge in [0.25, 0.3) is 5.78 Å². The van der Waals surface area contributed by atoms with Gasteiger partial charge in [0, 0.05) is 11.1 Å². The molecule has 0 aliphatic carbocycles. The molecule has 4 rings (SSSR count). The SMILES string of the molecule is COc1ccc(-c2c(-c3ccccc3)nc3nc(C)cnn23)cc1. The molecule has 0 unspecified atom stereocenters. The highest BCUT2D eigenvalue weighted by Crippen LogP contribution is 2.32. The topological polar surface area (TPSA) is 52.3 Å². The van der Waals surface area contributed by atoms with Crippen LogP contribution in [-0.4, -0.2) is 26.7 Å². The Balaban J connectivity index is 2.00. The van der Waals surface area contributed by atoms with Crippen molar-refractivity contribution in [3.8, 4) is 28.3 Å². The number of benzene rings is 2. The second kappa shape index (κ2) is 5.77. The third kappa shape index (κ3) is 2.40. The Bertz CT molecular complexity index is 991. The number of methoxy groups -OCH3 is 1. The van der Waals surface area contributed by atoms with Gasteiger partial charge in [-0.05, 0) is 31.2 Å². The second-order valence-corrected chi connectivity index (χ2v) is 5.51. The van der Waals surface area contributed by atoms with Crippen molar-refractivity contribution in [1.82, 2.24) is 19.6 Å². The molecule has 0 saturated carbocycles. The van der Waals surface area contributed by atoms with Gasteiger partial charge >= 0.3 is 0 Å². The molecule has 0 bridgehead atoms. The van der Waals surface area contributed by atoms with E-state index in [4.69, 9.17) is 9.72 Å². The van der Waals surface area contributed by atoms with E-state index < -0.39 is 0 Å². The molecule has 5 heteroatoms. The van der Waals surface area contributed by atoms with Crippen LogP contribution in [0.3, 0.4) is 0 Å². The van der Waals surface area contributed by atoms with E-state index in [0.717, 1.165) is 34.0 Å². The van der Waals surface area contributed by atoms with Crippen LogP contribution in [0, 0.1) is 6.92 Å². The Morgan fingerprint density at radius 3 is 2.33 bits per heavy atom. The van der Waals surface area contributed by atoms with Gasteiger partial charge in [-0.2, -0.15) is 9.61 Å². The van der Waals surface area contributed by atoms with Crippen LogP contribution >= 0.6 is 0 Å². The lowest BCUT2D eigenvalue weighted by Crippen LogP contribution is -1.98. The third-order valence-corrected chi connectivity index (χ3v) is 3.88. The lowest BCUT2D eigenvalue weighted by molar-refractivity contribution is 0.415. The summed E-state index contributed by atoms with van der Waals surface area (Å²) >= 11 is 0. The molecule has 0 atom stereocenters. The number of fused-ring (bicyclic) bond motifs is 1. The quantitative estimate of drug-likeness (QED) is 0.577. The maximum atomic E-state index is 5.25. The summed E-state index contributed by atoms with van der Waals surface area (Å²) in [7, 11) is 1.66. The molecule has 118 valence electrons. The third-order valence-electron chi connectivity index (χ3n) is 3.88. The average molecular weight is 316 g/mol. The Labute approximate surface area is 139 Å². The van der Waals surface area contributed by atoms with Gasteiger partial charge in [0.1, 0.15) is 17.1 Å². The maximum Gasteiger partial charge on any atom is 0.252 e. The largest absolute Gasteiger partial charge is 0.497 e. The summed E-state index contributed by atoms with van der Waals surface area (Å²) in [6.07, 6.45) is 1.75. The molecule has 5 nitrogen and oxygen atoms in total. The number of aromatic nitrogens is 4. The lowest BCUT2D eigenvalue weighted by Gasteiger charge is -2.06. The summed E-state index contributed by atoms with van der Waals surface area (Å²) in [5.41, 5.74) is 4.68. The lowest BCUT2D eigenvalue weighted by atomic mass is 10.1. The van der Waals surface area contributed by atoms with Crippen LogP contribution in [0.15, 0.2) is 60.8 Å². The Morgan fingerprint density at radius 2 is 1.62 bits per heavy atom. The summed E-state index contributed by atoms with van der Waals surface area (Å²) in [4.78, 5) is 9.23. The second-order valence-electron chi connectivity index (χ2n) is 5.51. The van der Waals surface area contributed by atoms with Crippen LogP contribution < -0.4 is 4.74 Å². The van der Waals surface area contributed by atoms with Crippen molar-refractivity contribution in [3.63, 3.8) is 0 Å². The Hall–Kier alpha value is -3.21. The van der Waals surface area contributed by atoms with Gasteiger partial charge in [-0.25, -0.2) is 9.97 Å². The van der Waals surface area contributed by atoms with Gasteiger partial charge in [0.15, 0.2) is 0 Å². The Morgan fingerprint density at radius 1 is 0.875 bits per heavy atom. The normalized spacial score (nSPS) is 10.9. The molecule has 24 heavy (non-hydrogen) atoms. The van der Waals surface area contributed by atoms with Gasteiger partial charge in [0.05, 0.1) is 19.0 Å². The minimum atomic E-state index is 0.597. The van der Waals surface area contributed by atoms with Crippen molar-refractivity contribution in [2.75, 3.05) is 7.11 Å². The van der Waals surface area contributed by atoms with Gasteiger partial charge in [-0.3, -0.25) is 0 Å². The number of imidazole rings is 1. The molecule has 2 heterocycles. The number of ether oxygens (including phenoxy) is 1. The highest BCUT2D eigenvalue weighted by Gasteiger charge is 2.17. The van der Waals surface area contributed by atoms with Gasteiger partial charge < -0.3 is 4.74 Å². The van der Waals surface area contributed by atoms with Crippen LogP contribution in [0.5, 0.6) is 5.75 Å². The predicted octanol–water partition coefficient (Wildman–Crippen LogP) is 3.78. The first-order valence-corrected chi connectivity index (χ1v) is 7.68. The summed E-state index contributed by atoms with van der Waals surface area (Å²) < 4.78 is 7.04. The first-order valence-electron chi connectivity index (χ1n) is 7.68. The van der Waals surface area contributed by atoms with Crippen molar-refractivity contribution in [2.24, 2.45) is 0 Å². The minimum absolute atomic E-state index is 0.597. The van der Waals surface area contributed by atoms with E-state index >= 15 is 0 Å². The van der Waals surface area contributed by atoms with Crippen LogP contribution in [0.2, 0.25) is 0 Å². The molecule has 0 aliphatic rings. The van der Waals surface area contributed by atoms with Crippen molar-refractivity contribution in [3.05, 3.63) is 66.5 Å². The number of nitrogens with zero attached hydrogens (tertiary/aromatic N) is 4. The van der Waals surface area contributed by atoms with E-state index in [0.29, 0.717) is 5.78 Å². The molecule has 0 amide bonds.